The van der Waals surface area contributed by atoms with Crippen LogP contribution in [-0.4, -0.2) is 42.1 Å². The Labute approximate surface area is 165 Å². The standard InChI is InChI=1S/C22H25ClN2O2/c1-22(2,3)18-6-4-16(5-7-18)19(17-8-9-24-20(23)14-17)15-21(26)25-10-12-27-13-11-25/h4-9,14-15H,10-13H2,1-3H3/b19-15+. The van der Waals surface area contributed by atoms with Crippen LogP contribution in [0, 0.1) is 0 Å². The lowest BCUT2D eigenvalue weighted by atomic mass is 9.85. The van der Waals surface area contributed by atoms with Gasteiger partial charge < -0.3 is 9.64 Å². The maximum atomic E-state index is 12.8. The van der Waals surface area contributed by atoms with Crippen LogP contribution in [-0.2, 0) is 14.9 Å². The molecule has 0 atom stereocenters. The van der Waals surface area contributed by atoms with Crippen molar-refractivity contribution in [1.82, 2.24) is 9.88 Å². The number of nitrogens with zero attached hydrogens (tertiary/aromatic N) is 2. The average Bonchev–Trinajstić information content (AvgIpc) is 2.66. The van der Waals surface area contributed by atoms with Crippen LogP contribution in [0.2, 0.25) is 5.15 Å². The maximum absolute atomic E-state index is 12.8. The Morgan fingerprint density at radius 1 is 1.11 bits per heavy atom. The van der Waals surface area contributed by atoms with Crippen LogP contribution in [0.3, 0.4) is 0 Å². The van der Waals surface area contributed by atoms with E-state index in [1.165, 1.54) is 5.56 Å². The summed E-state index contributed by atoms with van der Waals surface area (Å²) in [6.45, 7) is 8.94. The second-order valence-electron chi connectivity index (χ2n) is 7.69. The van der Waals surface area contributed by atoms with Gasteiger partial charge in [0.15, 0.2) is 0 Å². The van der Waals surface area contributed by atoms with Crippen LogP contribution >= 0.6 is 11.6 Å². The number of morpholine rings is 1. The molecule has 0 bridgehead atoms. The van der Waals surface area contributed by atoms with E-state index in [0.29, 0.717) is 31.5 Å². The predicted molar refractivity (Wildman–Crippen MR) is 109 cm³/mol. The highest BCUT2D eigenvalue weighted by molar-refractivity contribution is 6.29. The number of hydrogen-bond acceptors (Lipinski definition) is 3. The van der Waals surface area contributed by atoms with Gasteiger partial charge in [-0.1, -0.05) is 56.6 Å². The van der Waals surface area contributed by atoms with Crippen LogP contribution in [0.1, 0.15) is 37.5 Å². The van der Waals surface area contributed by atoms with Crippen molar-refractivity contribution in [3.63, 3.8) is 0 Å². The molecule has 4 nitrogen and oxygen atoms in total. The molecule has 1 aliphatic heterocycles. The molecule has 0 saturated carbocycles. The largest absolute Gasteiger partial charge is 0.378 e. The first-order chi connectivity index (χ1) is 12.8. The summed E-state index contributed by atoms with van der Waals surface area (Å²) < 4.78 is 5.34. The predicted octanol–water partition coefficient (Wildman–Crippen LogP) is 4.32. The molecule has 0 unspecified atom stereocenters. The number of rotatable bonds is 3. The third kappa shape index (κ3) is 4.96. The minimum Gasteiger partial charge on any atom is -0.378 e. The fourth-order valence-corrected chi connectivity index (χ4v) is 3.23. The van der Waals surface area contributed by atoms with Crippen molar-refractivity contribution in [3.05, 3.63) is 70.5 Å². The Morgan fingerprint density at radius 3 is 2.37 bits per heavy atom. The van der Waals surface area contributed by atoms with Crippen LogP contribution < -0.4 is 0 Å². The zero-order chi connectivity index (χ0) is 19.4. The van der Waals surface area contributed by atoms with E-state index >= 15 is 0 Å². The lowest BCUT2D eigenvalue weighted by molar-refractivity contribution is -0.129. The van der Waals surface area contributed by atoms with Gasteiger partial charge in [-0.25, -0.2) is 4.98 Å². The first-order valence-corrected chi connectivity index (χ1v) is 9.53. The monoisotopic (exact) mass is 384 g/mol. The molecule has 1 aromatic heterocycles. The molecule has 1 saturated heterocycles. The molecule has 1 fully saturated rings. The summed E-state index contributed by atoms with van der Waals surface area (Å²) in [6, 6.07) is 12.0. The molecule has 142 valence electrons. The van der Waals surface area contributed by atoms with Crippen molar-refractivity contribution in [2.24, 2.45) is 0 Å². The third-order valence-electron chi connectivity index (χ3n) is 4.69. The van der Waals surface area contributed by atoms with Crippen molar-refractivity contribution < 1.29 is 9.53 Å². The molecule has 27 heavy (non-hydrogen) atoms. The molecule has 3 rings (SSSR count). The number of carbonyl (C=O) groups excluding carboxylic acids is 1. The smallest absolute Gasteiger partial charge is 0.247 e. The molecular weight excluding hydrogens is 360 g/mol. The van der Waals surface area contributed by atoms with E-state index in [1.54, 1.807) is 18.3 Å². The molecule has 1 amide bonds. The second-order valence-corrected chi connectivity index (χ2v) is 8.08. The maximum Gasteiger partial charge on any atom is 0.247 e. The van der Waals surface area contributed by atoms with E-state index in [2.05, 4.69) is 50.0 Å². The van der Waals surface area contributed by atoms with Gasteiger partial charge in [0.05, 0.1) is 13.2 Å². The topological polar surface area (TPSA) is 42.4 Å². The van der Waals surface area contributed by atoms with E-state index in [9.17, 15) is 4.79 Å². The summed E-state index contributed by atoms with van der Waals surface area (Å²) in [4.78, 5) is 18.7. The summed E-state index contributed by atoms with van der Waals surface area (Å²) in [5.41, 5.74) is 4.02. The Kier molecular flexibility index (Phi) is 5.98. The number of carbonyl (C=O) groups is 1. The molecule has 2 aromatic rings. The van der Waals surface area contributed by atoms with Crippen LogP contribution in [0.15, 0.2) is 48.7 Å². The van der Waals surface area contributed by atoms with Crippen molar-refractivity contribution in [3.8, 4) is 0 Å². The summed E-state index contributed by atoms with van der Waals surface area (Å²) in [6.07, 6.45) is 3.36. The molecule has 1 aliphatic rings. The average molecular weight is 385 g/mol. The SMILES string of the molecule is CC(C)(C)c1ccc(/C(=C\C(=O)N2CCOCC2)c2ccnc(Cl)c2)cc1. The third-order valence-corrected chi connectivity index (χ3v) is 4.90. The van der Waals surface area contributed by atoms with Crippen molar-refractivity contribution in [2.75, 3.05) is 26.3 Å². The number of ether oxygens (including phenoxy) is 1. The lowest BCUT2D eigenvalue weighted by Gasteiger charge is -2.26. The summed E-state index contributed by atoms with van der Waals surface area (Å²) >= 11 is 6.10. The highest BCUT2D eigenvalue weighted by atomic mass is 35.5. The summed E-state index contributed by atoms with van der Waals surface area (Å²) in [5.74, 6) is -0.0128. The molecule has 0 aliphatic carbocycles. The Bertz CT molecular complexity index is 832. The lowest BCUT2D eigenvalue weighted by Crippen LogP contribution is -2.39. The van der Waals surface area contributed by atoms with Gasteiger partial charge in [-0.05, 0) is 39.8 Å². The number of halogens is 1. The first kappa shape index (κ1) is 19.6. The normalized spacial score (nSPS) is 15.7. The van der Waals surface area contributed by atoms with Gasteiger partial charge in [-0.2, -0.15) is 0 Å². The second kappa shape index (κ2) is 8.24. The van der Waals surface area contributed by atoms with E-state index in [4.69, 9.17) is 16.3 Å². The summed E-state index contributed by atoms with van der Waals surface area (Å²) in [7, 11) is 0. The zero-order valence-corrected chi connectivity index (χ0v) is 16.8. The summed E-state index contributed by atoms with van der Waals surface area (Å²) in [5, 5.41) is 0.406. The number of aromatic nitrogens is 1. The number of hydrogen-bond donors (Lipinski definition) is 0. The fourth-order valence-electron chi connectivity index (χ4n) is 3.05. The number of amides is 1. The molecule has 0 N–H and O–H groups in total. The van der Waals surface area contributed by atoms with E-state index in [-0.39, 0.29) is 11.3 Å². The van der Waals surface area contributed by atoms with E-state index in [0.717, 1.165) is 16.7 Å². The molecule has 5 heteroatoms. The molecule has 0 spiro atoms. The molecule has 1 aromatic carbocycles. The zero-order valence-electron chi connectivity index (χ0n) is 16.0. The van der Waals surface area contributed by atoms with Gasteiger partial charge in [-0.3, -0.25) is 4.79 Å². The van der Waals surface area contributed by atoms with Gasteiger partial charge in [0, 0.05) is 25.4 Å². The van der Waals surface area contributed by atoms with Crippen LogP contribution in [0.25, 0.3) is 5.57 Å². The fraction of sp³-hybridized carbons (Fsp3) is 0.364. The Morgan fingerprint density at radius 2 is 1.78 bits per heavy atom. The van der Waals surface area contributed by atoms with Gasteiger partial charge in [-0.15, -0.1) is 0 Å². The van der Waals surface area contributed by atoms with Crippen molar-refractivity contribution in [1.29, 1.82) is 0 Å². The van der Waals surface area contributed by atoms with Gasteiger partial charge in [0.2, 0.25) is 5.91 Å². The minimum absolute atomic E-state index is 0.0128. The highest BCUT2D eigenvalue weighted by Gasteiger charge is 2.18. The van der Waals surface area contributed by atoms with E-state index < -0.39 is 0 Å². The number of pyridine rings is 1. The van der Waals surface area contributed by atoms with Gasteiger partial charge in [0.25, 0.3) is 0 Å². The van der Waals surface area contributed by atoms with Crippen LogP contribution in [0.5, 0.6) is 0 Å². The van der Waals surface area contributed by atoms with E-state index in [1.807, 2.05) is 11.0 Å². The Hall–Kier alpha value is -2.17. The van der Waals surface area contributed by atoms with Crippen molar-refractivity contribution >= 4 is 23.1 Å². The van der Waals surface area contributed by atoms with Crippen LogP contribution in [0.4, 0.5) is 0 Å². The Balaban J connectivity index is 1.99. The number of benzene rings is 1. The van der Waals surface area contributed by atoms with Crippen molar-refractivity contribution in [2.45, 2.75) is 26.2 Å². The van der Waals surface area contributed by atoms with Gasteiger partial charge >= 0.3 is 0 Å². The minimum atomic E-state index is -0.0128. The quantitative estimate of drug-likeness (QED) is 0.584. The molecule has 0 radical (unpaired) electrons. The molecular formula is C22H25ClN2O2. The first-order valence-electron chi connectivity index (χ1n) is 9.16. The highest BCUT2D eigenvalue weighted by Crippen LogP contribution is 2.28. The van der Waals surface area contributed by atoms with Gasteiger partial charge in [0.1, 0.15) is 5.15 Å². The molecule has 2 heterocycles.